The Kier molecular flexibility index (Phi) is 4.51. The topological polar surface area (TPSA) is 66.5 Å². The molecule has 8 heteroatoms. The minimum atomic E-state index is -3.16. The van der Waals surface area contributed by atoms with Crippen LogP contribution in [0.5, 0.6) is 0 Å². The lowest BCUT2D eigenvalue weighted by atomic mass is 10.1. The van der Waals surface area contributed by atoms with E-state index < -0.39 is 14.6 Å². The Balaban J connectivity index is 1.61. The summed E-state index contributed by atoms with van der Waals surface area (Å²) in [6.07, 6.45) is 0.822. The van der Waals surface area contributed by atoms with Gasteiger partial charge in [0.05, 0.1) is 10.5 Å². The van der Waals surface area contributed by atoms with Gasteiger partial charge in [-0.2, -0.15) is 0 Å². The maximum atomic E-state index is 12.4. The first kappa shape index (κ1) is 17.8. The zero-order chi connectivity index (χ0) is 17.7. The number of nitrogens with zero attached hydrogens (tertiary/aromatic N) is 1. The summed E-state index contributed by atoms with van der Waals surface area (Å²) in [5, 5.41) is 4.17. The number of amides is 2. The molecule has 2 amide bonds. The molecule has 1 saturated carbocycles. The predicted octanol–water partition coefficient (Wildman–Crippen LogP) is 3.07. The summed E-state index contributed by atoms with van der Waals surface area (Å²) in [6.45, 7) is 3.77. The van der Waals surface area contributed by atoms with Crippen molar-refractivity contribution >= 4 is 39.1 Å². The smallest absolute Gasteiger partial charge is 0.317 e. The third kappa shape index (κ3) is 3.37. The van der Waals surface area contributed by atoms with Gasteiger partial charge in [-0.25, -0.2) is 13.2 Å². The van der Waals surface area contributed by atoms with Crippen LogP contribution in [0.1, 0.15) is 31.7 Å². The molecule has 1 aliphatic carbocycles. The van der Waals surface area contributed by atoms with Crippen molar-refractivity contribution < 1.29 is 13.2 Å². The summed E-state index contributed by atoms with van der Waals surface area (Å²) < 4.78 is 23.1. The fourth-order valence-electron chi connectivity index (χ4n) is 3.07. The molecule has 3 rings (SSSR count). The molecule has 1 aromatic carbocycles. The molecule has 2 aliphatic rings. The van der Waals surface area contributed by atoms with Crippen molar-refractivity contribution in [1.29, 1.82) is 0 Å². The molecular weight excluding hydrogens is 371 g/mol. The second kappa shape index (κ2) is 6.07. The van der Waals surface area contributed by atoms with Crippen molar-refractivity contribution in [3.05, 3.63) is 33.8 Å². The number of carbonyl (C=O) groups is 1. The van der Waals surface area contributed by atoms with E-state index in [2.05, 4.69) is 5.32 Å². The van der Waals surface area contributed by atoms with Gasteiger partial charge in [-0.15, -0.1) is 0 Å². The molecule has 5 nitrogen and oxygen atoms in total. The van der Waals surface area contributed by atoms with Crippen molar-refractivity contribution in [3.63, 3.8) is 0 Å². The van der Waals surface area contributed by atoms with Gasteiger partial charge < -0.3 is 10.2 Å². The van der Waals surface area contributed by atoms with Crippen molar-refractivity contribution in [1.82, 2.24) is 10.2 Å². The van der Waals surface area contributed by atoms with Gasteiger partial charge in [-0.1, -0.05) is 29.3 Å². The molecule has 2 fully saturated rings. The van der Waals surface area contributed by atoms with Crippen molar-refractivity contribution in [2.45, 2.75) is 37.0 Å². The van der Waals surface area contributed by atoms with Crippen LogP contribution in [0.3, 0.4) is 0 Å². The molecule has 2 atom stereocenters. The number of hydrogen-bond acceptors (Lipinski definition) is 3. The monoisotopic (exact) mass is 390 g/mol. The van der Waals surface area contributed by atoms with Gasteiger partial charge in [-0.05, 0) is 38.0 Å². The van der Waals surface area contributed by atoms with Gasteiger partial charge in [0.25, 0.3) is 0 Å². The highest BCUT2D eigenvalue weighted by Crippen LogP contribution is 2.44. The van der Waals surface area contributed by atoms with Crippen LogP contribution in [-0.2, 0) is 9.84 Å². The Labute approximate surface area is 152 Å². The molecule has 1 saturated heterocycles. The first-order valence-corrected chi connectivity index (χ1v) is 10.2. The number of halogens is 2. The Morgan fingerprint density at radius 3 is 2.67 bits per heavy atom. The molecule has 0 bridgehead atoms. The summed E-state index contributed by atoms with van der Waals surface area (Å²) >= 11 is 12.1. The second-order valence-electron chi connectivity index (χ2n) is 7.06. The van der Waals surface area contributed by atoms with E-state index in [-0.39, 0.29) is 36.8 Å². The molecule has 1 N–H and O–H groups in total. The van der Waals surface area contributed by atoms with Gasteiger partial charge in [0.2, 0.25) is 0 Å². The lowest BCUT2D eigenvalue weighted by Gasteiger charge is -2.37. The first-order chi connectivity index (χ1) is 11.1. The maximum absolute atomic E-state index is 12.4. The number of nitrogens with one attached hydrogen (secondary N) is 1. The molecule has 132 valence electrons. The van der Waals surface area contributed by atoms with E-state index >= 15 is 0 Å². The molecule has 1 heterocycles. The lowest BCUT2D eigenvalue weighted by molar-refractivity contribution is 0.192. The number of urea groups is 1. The van der Waals surface area contributed by atoms with E-state index in [4.69, 9.17) is 23.2 Å². The molecule has 0 spiro atoms. The third-order valence-electron chi connectivity index (χ3n) is 4.79. The van der Waals surface area contributed by atoms with Crippen LogP contribution in [-0.4, -0.2) is 49.0 Å². The molecule has 0 aromatic heterocycles. The Morgan fingerprint density at radius 1 is 1.33 bits per heavy atom. The van der Waals surface area contributed by atoms with E-state index in [1.807, 2.05) is 6.07 Å². The Bertz CT molecular complexity index is 780. The minimum Gasteiger partial charge on any atom is -0.335 e. The molecule has 24 heavy (non-hydrogen) atoms. The third-order valence-corrected chi connectivity index (χ3v) is 7.89. The average molecular weight is 391 g/mol. The largest absolute Gasteiger partial charge is 0.335 e. The standard InChI is InChI=1S/C16H20Cl2N2O3S/c1-16(2)9-20(5-6-24(16,22)23)15(21)19-14-8-12(14)11-4-3-10(17)7-13(11)18/h3-4,7,12,14H,5-6,8-9H2,1-2H3,(H,19,21)/t12-,14+/m0/s1. The fourth-order valence-corrected chi connectivity index (χ4v) is 4.98. The number of rotatable bonds is 2. The van der Waals surface area contributed by atoms with Crippen LogP contribution in [0.4, 0.5) is 4.79 Å². The lowest BCUT2D eigenvalue weighted by Crippen LogP contribution is -2.57. The first-order valence-electron chi connectivity index (χ1n) is 7.83. The van der Waals surface area contributed by atoms with Crippen LogP contribution in [0.2, 0.25) is 10.0 Å². The summed E-state index contributed by atoms with van der Waals surface area (Å²) in [6, 6.07) is 5.19. The van der Waals surface area contributed by atoms with Crippen LogP contribution in [0.15, 0.2) is 18.2 Å². The van der Waals surface area contributed by atoms with E-state index in [1.54, 1.807) is 30.9 Å². The quantitative estimate of drug-likeness (QED) is 0.843. The van der Waals surface area contributed by atoms with Gasteiger partial charge >= 0.3 is 6.03 Å². The molecule has 1 aromatic rings. The highest BCUT2D eigenvalue weighted by molar-refractivity contribution is 7.92. The van der Waals surface area contributed by atoms with E-state index in [9.17, 15) is 13.2 Å². The van der Waals surface area contributed by atoms with E-state index in [0.717, 1.165) is 12.0 Å². The van der Waals surface area contributed by atoms with Gasteiger partial charge in [0.1, 0.15) is 0 Å². The average Bonchev–Trinajstić information content (AvgIpc) is 3.20. The number of benzene rings is 1. The molecular formula is C16H20Cl2N2O3S. The zero-order valence-corrected chi connectivity index (χ0v) is 15.9. The zero-order valence-electron chi connectivity index (χ0n) is 13.6. The Hall–Kier alpha value is -0.980. The van der Waals surface area contributed by atoms with E-state index in [1.165, 1.54) is 0 Å². The van der Waals surface area contributed by atoms with E-state index in [0.29, 0.717) is 10.0 Å². The summed E-state index contributed by atoms with van der Waals surface area (Å²) in [5.41, 5.74) is 0.980. The highest BCUT2D eigenvalue weighted by Gasteiger charge is 2.44. The summed E-state index contributed by atoms with van der Waals surface area (Å²) in [7, 11) is -3.16. The number of carbonyl (C=O) groups excluding carboxylic acids is 1. The van der Waals surface area contributed by atoms with Gasteiger partial charge in [0, 0.05) is 35.1 Å². The van der Waals surface area contributed by atoms with Crippen LogP contribution in [0.25, 0.3) is 0 Å². The van der Waals surface area contributed by atoms with Crippen molar-refractivity contribution in [2.24, 2.45) is 0 Å². The van der Waals surface area contributed by atoms with Crippen molar-refractivity contribution in [3.8, 4) is 0 Å². The molecule has 0 radical (unpaired) electrons. The van der Waals surface area contributed by atoms with Gasteiger partial charge in [-0.3, -0.25) is 0 Å². The Morgan fingerprint density at radius 2 is 2.04 bits per heavy atom. The fraction of sp³-hybridized carbons (Fsp3) is 0.562. The second-order valence-corrected chi connectivity index (χ2v) is 10.7. The van der Waals surface area contributed by atoms with Gasteiger partial charge in [0.15, 0.2) is 9.84 Å². The summed E-state index contributed by atoms with van der Waals surface area (Å²) in [5.74, 6) is 0.185. The summed E-state index contributed by atoms with van der Waals surface area (Å²) in [4.78, 5) is 14.0. The van der Waals surface area contributed by atoms with Crippen LogP contribution >= 0.6 is 23.2 Å². The van der Waals surface area contributed by atoms with Crippen LogP contribution in [0, 0.1) is 0 Å². The normalized spacial score (nSPS) is 27.6. The molecule has 1 aliphatic heterocycles. The predicted molar refractivity (Wildman–Crippen MR) is 95.6 cm³/mol. The number of hydrogen-bond donors (Lipinski definition) is 1. The highest BCUT2D eigenvalue weighted by atomic mass is 35.5. The van der Waals surface area contributed by atoms with Crippen LogP contribution < -0.4 is 5.32 Å². The SMILES string of the molecule is CC1(C)CN(C(=O)N[C@@H]2C[C@H]2c2ccc(Cl)cc2Cl)CCS1(=O)=O. The molecule has 0 unspecified atom stereocenters. The minimum absolute atomic E-state index is 0.00449. The van der Waals surface area contributed by atoms with Crippen molar-refractivity contribution in [2.75, 3.05) is 18.8 Å². The number of sulfone groups is 1. The maximum Gasteiger partial charge on any atom is 0.317 e.